The third kappa shape index (κ3) is 17.3. The molecule has 19 aromatic carbocycles. The molecule has 592 valence electrons. The molecule has 22 aromatic rings. The van der Waals surface area contributed by atoms with Crippen molar-refractivity contribution in [2.24, 2.45) is 0 Å². The molecule has 0 saturated heterocycles. The van der Waals surface area contributed by atoms with Gasteiger partial charge in [0.15, 0.2) is 23.3 Å². The summed E-state index contributed by atoms with van der Waals surface area (Å²) in [6, 6.07) is 172. The number of benzene rings is 19. The van der Waals surface area contributed by atoms with Gasteiger partial charge in [0.1, 0.15) is 0 Å². The Bertz CT molecular complexity index is 7430. The Balaban J connectivity index is 0.000000120. The van der Waals surface area contributed by atoms with Crippen molar-refractivity contribution < 1.29 is 0 Å². The highest BCUT2D eigenvalue weighted by Gasteiger charge is 2.20. The quantitative estimate of drug-likeness (QED) is 0.0897. The zero-order valence-corrected chi connectivity index (χ0v) is 69.0. The summed E-state index contributed by atoms with van der Waals surface area (Å²) in [4.78, 5) is 30.2. The molecule has 0 aliphatic heterocycles. The van der Waals surface area contributed by atoms with Crippen LogP contribution < -0.4 is 0 Å². The Morgan fingerprint density at radius 3 is 0.905 bits per heavy atom. The SMILES string of the molecule is c1ccc(-c2cccc(-c3cc(-c4cccc(-c5ccccc5)c4)cc(-c4nc(-c5ccccc5)nc(-c5ccccc5)n4)c3)c2)cc1.c1ccc(-c2cccc(-c3cccc(-c4cc(-c5ccccc5)cc(-c5ccc6ccccc6c5)n4)c3)c2)cc1.c1ccc(-c2cnc(-c3ccc(-c4cc5ccccc5c5ccccc45)cc3)nc2-c2ccccc2)cc1. The van der Waals surface area contributed by atoms with Crippen molar-refractivity contribution in [2.75, 3.05) is 0 Å². The van der Waals surface area contributed by atoms with Gasteiger partial charge in [0.25, 0.3) is 0 Å². The summed E-state index contributed by atoms with van der Waals surface area (Å²) >= 11 is 0. The normalized spacial score (nSPS) is 11.0. The second-order valence-corrected chi connectivity index (χ2v) is 31.3. The van der Waals surface area contributed by atoms with Gasteiger partial charge < -0.3 is 0 Å². The molecule has 0 unspecified atom stereocenters. The first-order valence-electron chi connectivity index (χ1n) is 42.6. The molecule has 0 saturated carbocycles. The molecule has 0 spiro atoms. The molecule has 0 radical (unpaired) electrons. The van der Waals surface area contributed by atoms with E-state index in [0.29, 0.717) is 17.5 Å². The molecule has 0 atom stereocenters. The van der Waals surface area contributed by atoms with Gasteiger partial charge in [-0.25, -0.2) is 29.9 Å². The summed E-state index contributed by atoms with van der Waals surface area (Å²) < 4.78 is 0. The minimum atomic E-state index is 0.629. The van der Waals surface area contributed by atoms with E-state index in [2.05, 4.69) is 406 Å². The first kappa shape index (κ1) is 77.8. The van der Waals surface area contributed by atoms with E-state index in [0.717, 1.165) is 101 Å². The van der Waals surface area contributed by atoms with E-state index in [1.54, 1.807) is 0 Å². The third-order valence-electron chi connectivity index (χ3n) is 23.1. The van der Waals surface area contributed by atoms with Crippen LogP contribution in [0.2, 0.25) is 0 Å². The Morgan fingerprint density at radius 2 is 0.421 bits per heavy atom. The molecular weight excluding hydrogens is 1530 g/mol. The van der Waals surface area contributed by atoms with Crippen LogP contribution in [-0.2, 0) is 0 Å². The van der Waals surface area contributed by atoms with E-state index in [1.165, 1.54) is 93.5 Å². The van der Waals surface area contributed by atoms with Gasteiger partial charge in [-0.3, -0.25) is 0 Å². The maximum atomic E-state index is 5.21. The molecule has 0 amide bonds. The molecule has 3 aromatic heterocycles. The minimum absolute atomic E-state index is 0.629. The van der Waals surface area contributed by atoms with E-state index in [-0.39, 0.29) is 0 Å². The van der Waals surface area contributed by atoms with Gasteiger partial charge in [0.05, 0.1) is 17.1 Å². The number of nitrogens with zero attached hydrogens (tertiary/aromatic N) is 6. The Hall–Kier alpha value is -16.8. The van der Waals surface area contributed by atoms with Crippen molar-refractivity contribution in [2.45, 2.75) is 0 Å². The summed E-state index contributed by atoms with van der Waals surface area (Å²) in [6.45, 7) is 0. The van der Waals surface area contributed by atoms with Crippen molar-refractivity contribution in [3.8, 4) is 179 Å². The van der Waals surface area contributed by atoms with Crippen LogP contribution in [0, 0.1) is 0 Å². The lowest BCUT2D eigenvalue weighted by Gasteiger charge is -2.14. The predicted molar refractivity (Wildman–Crippen MR) is 526 cm³/mol. The maximum absolute atomic E-state index is 5.21. The molecule has 126 heavy (non-hydrogen) atoms. The van der Waals surface area contributed by atoms with Gasteiger partial charge in [-0.05, 0) is 194 Å². The molecule has 0 aliphatic rings. The summed E-state index contributed by atoms with van der Waals surface area (Å²) in [5, 5.41) is 7.51. The van der Waals surface area contributed by atoms with Crippen LogP contribution in [0.5, 0.6) is 0 Å². The maximum Gasteiger partial charge on any atom is 0.164 e. The van der Waals surface area contributed by atoms with Gasteiger partial charge in [0.2, 0.25) is 0 Å². The summed E-state index contributed by atoms with van der Waals surface area (Å²) in [5.74, 6) is 2.63. The number of aromatic nitrogens is 6. The number of hydrogen-bond donors (Lipinski definition) is 0. The van der Waals surface area contributed by atoms with Gasteiger partial charge in [-0.2, -0.15) is 0 Å². The summed E-state index contributed by atoms with van der Waals surface area (Å²) in [5.41, 5.74) is 30.8. The largest absolute Gasteiger partial charge is 0.248 e. The first-order chi connectivity index (χ1) is 62.4. The minimum Gasteiger partial charge on any atom is -0.248 e. The van der Waals surface area contributed by atoms with Crippen LogP contribution in [0.15, 0.2) is 498 Å². The van der Waals surface area contributed by atoms with Gasteiger partial charge >= 0.3 is 0 Å². The Kier molecular flexibility index (Phi) is 22.4. The highest BCUT2D eigenvalue weighted by molar-refractivity contribution is 6.14. The van der Waals surface area contributed by atoms with E-state index in [1.807, 2.05) is 91.1 Å². The smallest absolute Gasteiger partial charge is 0.164 e. The predicted octanol–water partition coefficient (Wildman–Crippen LogP) is 31.6. The number of rotatable bonds is 16. The lowest BCUT2D eigenvalue weighted by molar-refractivity contribution is 1.07. The van der Waals surface area contributed by atoms with E-state index in [4.69, 9.17) is 29.9 Å². The van der Waals surface area contributed by atoms with Crippen LogP contribution in [0.3, 0.4) is 0 Å². The average Bonchev–Trinajstić information content (AvgIpc) is 0.768. The van der Waals surface area contributed by atoms with Crippen molar-refractivity contribution in [3.63, 3.8) is 0 Å². The van der Waals surface area contributed by atoms with E-state index >= 15 is 0 Å². The van der Waals surface area contributed by atoms with Crippen molar-refractivity contribution in [1.82, 2.24) is 29.9 Å². The molecule has 0 fully saturated rings. The van der Waals surface area contributed by atoms with Crippen molar-refractivity contribution in [3.05, 3.63) is 498 Å². The third-order valence-corrected chi connectivity index (χ3v) is 23.1. The molecule has 6 nitrogen and oxygen atoms in total. The second-order valence-electron chi connectivity index (χ2n) is 31.3. The standard InChI is InChI=1S/C45H31N3.C39H27N.C36H24N2/c1-5-15-32(16-6-1)36-23-13-25-38(27-36)40-29-41(39-26-14-24-37(28-39)33-17-7-2-8-18-33)31-42(30-40)45-47-43(34-19-9-3-10-20-34)46-44(48-45)35-21-11-4-12-22-35;1-3-11-28(12-4-1)32-17-9-18-33(23-32)34-19-10-20-35(25-34)38-26-37(29-13-5-2-6-14-29)27-39(40-38)36-22-21-30-15-7-8-16-31(30)24-36;1-3-11-25(12-4-1)34-24-37-36(38-35(34)27-13-5-2-6-14-27)28-21-19-26(20-22-28)33-23-29-15-7-8-16-30(29)31-17-9-10-18-32(31)33/h1-31H;1-27H;1-24H. The zero-order chi connectivity index (χ0) is 84.2. The lowest BCUT2D eigenvalue weighted by atomic mass is 9.92. The number of pyridine rings is 1. The second kappa shape index (κ2) is 36.3. The van der Waals surface area contributed by atoms with Gasteiger partial charge in [-0.1, -0.05) is 425 Å². The Labute approximate surface area is 734 Å². The fourth-order valence-electron chi connectivity index (χ4n) is 16.6. The lowest BCUT2D eigenvalue weighted by Crippen LogP contribution is -2.00. The average molecular weight is 1610 g/mol. The number of fused-ring (bicyclic) bond motifs is 4. The Morgan fingerprint density at radius 1 is 0.127 bits per heavy atom. The van der Waals surface area contributed by atoms with Crippen LogP contribution in [0.4, 0.5) is 0 Å². The monoisotopic (exact) mass is 1610 g/mol. The number of hydrogen-bond acceptors (Lipinski definition) is 6. The summed E-state index contributed by atoms with van der Waals surface area (Å²) in [6.07, 6.45) is 1.95. The zero-order valence-electron chi connectivity index (χ0n) is 69.0. The molecule has 0 aliphatic carbocycles. The molecular formula is C120H82N6. The fraction of sp³-hybridized carbons (Fsp3) is 0. The topological polar surface area (TPSA) is 77.3 Å². The van der Waals surface area contributed by atoms with Crippen LogP contribution in [0.25, 0.3) is 212 Å². The fourth-order valence-corrected chi connectivity index (χ4v) is 16.6. The molecule has 3 heterocycles. The summed E-state index contributed by atoms with van der Waals surface area (Å²) in [7, 11) is 0. The van der Waals surface area contributed by atoms with Crippen LogP contribution >= 0.6 is 0 Å². The molecule has 22 rings (SSSR count). The highest BCUT2D eigenvalue weighted by Crippen LogP contribution is 2.42. The molecule has 0 N–H and O–H groups in total. The molecule has 6 heteroatoms. The molecule has 0 bridgehead atoms. The van der Waals surface area contributed by atoms with E-state index in [9.17, 15) is 0 Å². The van der Waals surface area contributed by atoms with Crippen molar-refractivity contribution >= 4 is 32.3 Å². The first-order valence-corrected chi connectivity index (χ1v) is 42.6. The highest BCUT2D eigenvalue weighted by atomic mass is 15.0. The van der Waals surface area contributed by atoms with Gasteiger partial charge in [-0.15, -0.1) is 0 Å². The van der Waals surface area contributed by atoms with Gasteiger partial charge in [0, 0.05) is 50.7 Å². The van der Waals surface area contributed by atoms with Crippen LogP contribution in [0.1, 0.15) is 0 Å². The van der Waals surface area contributed by atoms with E-state index < -0.39 is 0 Å². The van der Waals surface area contributed by atoms with Crippen LogP contribution in [-0.4, -0.2) is 29.9 Å². The van der Waals surface area contributed by atoms with Crippen molar-refractivity contribution in [1.29, 1.82) is 0 Å².